The van der Waals surface area contributed by atoms with E-state index in [1.165, 1.54) is 6.08 Å². The number of hydrogen-bond donors (Lipinski definition) is 5. The number of hydrogen-bond acceptors (Lipinski definition) is 15. The second-order valence-electron chi connectivity index (χ2n) is 17.0. The van der Waals surface area contributed by atoms with E-state index in [0.717, 1.165) is 33.9 Å². The van der Waals surface area contributed by atoms with Gasteiger partial charge in [0, 0.05) is 6.08 Å². The van der Waals surface area contributed by atoms with Gasteiger partial charge in [0.1, 0.15) is 63.1 Å². The van der Waals surface area contributed by atoms with Gasteiger partial charge in [-0.1, -0.05) is 133 Å². The van der Waals surface area contributed by atoms with Gasteiger partial charge in [0.15, 0.2) is 41.7 Å². The second kappa shape index (κ2) is 25.5. The van der Waals surface area contributed by atoms with E-state index < -0.39 is 74.5 Å². The van der Waals surface area contributed by atoms with Crippen molar-refractivity contribution in [3.63, 3.8) is 0 Å². The lowest BCUT2D eigenvalue weighted by molar-refractivity contribution is -0.349. The van der Waals surface area contributed by atoms with Crippen LogP contribution in [0.25, 0.3) is 6.08 Å². The van der Waals surface area contributed by atoms with E-state index in [4.69, 9.17) is 42.6 Å². The highest BCUT2D eigenvalue weighted by molar-refractivity contribution is 5.87. The number of benzene rings is 6. The molecule has 2 heterocycles. The lowest BCUT2D eigenvalue weighted by atomic mass is 9.97. The quantitative estimate of drug-likeness (QED) is 0.0387. The molecule has 5 N–H and O–H groups in total. The van der Waals surface area contributed by atoms with Gasteiger partial charge in [-0.25, -0.2) is 4.79 Å². The van der Waals surface area contributed by atoms with Crippen molar-refractivity contribution in [2.75, 3.05) is 19.8 Å². The first kappa shape index (κ1) is 50.7. The molecule has 0 unspecified atom stereocenters. The van der Waals surface area contributed by atoms with Gasteiger partial charge in [-0.05, 0) is 70.1 Å². The molecule has 0 aromatic heterocycles. The van der Waals surface area contributed by atoms with E-state index in [-0.39, 0.29) is 13.2 Å². The molecular weight excluding hydrogens is 913 g/mol. The second-order valence-corrected chi connectivity index (χ2v) is 17.0. The van der Waals surface area contributed by atoms with E-state index in [1.807, 2.05) is 140 Å². The van der Waals surface area contributed by atoms with Crippen molar-refractivity contribution >= 4 is 12.0 Å². The molecule has 2 aliphatic heterocycles. The Bertz CT molecular complexity index is 2580. The van der Waals surface area contributed by atoms with Gasteiger partial charge in [-0.2, -0.15) is 0 Å². The van der Waals surface area contributed by atoms with Crippen LogP contribution in [-0.4, -0.2) is 107 Å². The highest BCUT2D eigenvalue weighted by atomic mass is 16.7. The Kier molecular flexibility index (Phi) is 18.2. The fourth-order valence-corrected chi connectivity index (χ4v) is 7.90. The average Bonchev–Trinajstić information content (AvgIpc) is 3.41. The standard InChI is InChI=1S/C56H58O15/c57-31-48-53(70-49(59)26-23-37-21-24-44(64-32-39-13-5-1-6-14-39)46(29-37)66-34-41-17-9-3-10-18-41)54(71-55-51(61)50(60)43(58)36-68-55)52(62)56(69-48)63-28-27-38-22-25-45(65-33-40-15-7-2-8-16-40)47(30-38)67-35-42-19-11-4-12-20-42/h1-26,29-30,43,48,50-58,60-62H,27-28,31-36H2/b26-23+/t43-,48-,50+,51-,52-,53-,54-,55+,56-/m1/s1. The monoisotopic (exact) mass is 970 g/mol. The van der Waals surface area contributed by atoms with Crippen LogP contribution < -0.4 is 18.9 Å². The number of ether oxygens (including phenoxy) is 9. The molecule has 6 aromatic rings. The fraction of sp³-hybridized carbons (Fsp3) is 0.304. The predicted octanol–water partition coefficient (Wildman–Crippen LogP) is 6.09. The molecule has 9 atom stereocenters. The van der Waals surface area contributed by atoms with Crippen molar-refractivity contribution in [1.29, 1.82) is 0 Å². The molecule has 0 saturated carbocycles. The maximum atomic E-state index is 13.6. The van der Waals surface area contributed by atoms with Crippen LogP contribution in [0.3, 0.4) is 0 Å². The van der Waals surface area contributed by atoms with Crippen molar-refractivity contribution in [2.45, 2.75) is 88.2 Å². The van der Waals surface area contributed by atoms with Gasteiger partial charge in [0.25, 0.3) is 0 Å². The van der Waals surface area contributed by atoms with Crippen molar-refractivity contribution in [1.82, 2.24) is 0 Å². The van der Waals surface area contributed by atoms with Gasteiger partial charge in [-0.3, -0.25) is 0 Å². The molecule has 71 heavy (non-hydrogen) atoms. The highest BCUT2D eigenvalue weighted by Gasteiger charge is 2.51. The van der Waals surface area contributed by atoms with Crippen molar-refractivity contribution < 1.29 is 73.0 Å². The molecule has 15 nitrogen and oxygen atoms in total. The van der Waals surface area contributed by atoms with E-state index in [0.29, 0.717) is 54.8 Å². The summed E-state index contributed by atoms with van der Waals surface area (Å²) in [5.41, 5.74) is 5.25. The fourth-order valence-electron chi connectivity index (χ4n) is 7.90. The maximum absolute atomic E-state index is 13.6. The number of rotatable bonds is 22. The molecule has 0 radical (unpaired) electrons. The molecule has 0 aliphatic carbocycles. The zero-order chi connectivity index (χ0) is 49.4. The minimum absolute atomic E-state index is 0.00271. The molecule has 2 aliphatic rings. The smallest absolute Gasteiger partial charge is 0.331 e. The summed E-state index contributed by atoms with van der Waals surface area (Å²) in [5.74, 6) is 1.10. The van der Waals surface area contributed by atoms with Gasteiger partial charge in [0.05, 0.1) is 19.8 Å². The Balaban J connectivity index is 0.955. The number of esters is 1. The molecule has 8 rings (SSSR count). The lowest BCUT2D eigenvalue weighted by Gasteiger charge is -2.45. The number of aliphatic hydroxyl groups excluding tert-OH is 5. The first-order chi connectivity index (χ1) is 34.7. The van der Waals surface area contributed by atoms with Gasteiger partial charge >= 0.3 is 5.97 Å². The zero-order valence-corrected chi connectivity index (χ0v) is 38.8. The van der Waals surface area contributed by atoms with Crippen LogP contribution in [0.5, 0.6) is 23.0 Å². The topological polar surface area (TPSA) is 201 Å². The number of carbonyl (C=O) groups is 1. The summed E-state index contributed by atoms with van der Waals surface area (Å²) >= 11 is 0. The minimum Gasteiger partial charge on any atom is -0.485 e. The van der Waals surface area contributed by atoms with Crippen molar-refractivity contribution in [3.8, 4) is 23.0 Å². The van der Waals surface area contributed by atoms with E-state index >= 15 is 0 Å². The lowest BCUT2D eigenvalue weighted by Crippen LogP contribution is -2.64. The molecule has 0 spiro atoms. The third-order valence-electron chi connectivity index (χ3n) is 11.8. The summed E-state index contributed by atoms with van der Waals surface area (Å²) in [6.07, 6.45) is -10.9. The van der Waals surface area contributed by atoms with Crippen LogP contribution in [-0.2, 0) is 61.3 Å². The van der Waals surface area contributed by atoms with Crippen LogP contribution in [0.2, 0.25) is 0 Å². The number of carbonyl (C=O) groups excluding carboxylic acids is 1. The van der Waals surface area contributed by atoms with E-state index in [1.54, 1.807) is 18.2 Å². The maximum Gasteiger partial charge on any atom is 0.331 e. The Hall–Kier alpha value is -6.63. The summed E-state index contributed by atoms with van der Waals surface area (Å²) in [6, 6.07) is 49.6. The minimum atomic E-state index is -1.76. The molecule has 372 valence electrons. The van der Waals surface area contributed by atoms with Crippen molar-refractivity contribution in [3.05, 3.63) is 197 Å². The zero-order valence-electron chi connectivity index (χ0n) is 38.8. The number of aliphatic hydroxyl groups is 5. The summed E-state index contributed by atoms with van der Waals surface area (Å²) in [4.78, 5) is 13.6. The molecule has 6 aromatic carbocycles. The summed E-state index contributed by atoms with van der Waals surface area (Å²) in [7, 11) is 0. The normalized spacial score (nSPS) is 23.2. The third-order valence-corrected chi connectivity index (χ3v) is 11.8. The van der Waals surface area contributed by atoms with Crippen molar-refractivity contribution in [2.24, 2.45) is 0 Å². The largest absolute Gasteiger partial charge is 0.485 e. The SMILES string of the molecule is O=C(/C=C/c1ccc(OCc2ccccc2)c(OCc2ccccc2)c1)O[C@H]1[C@H](O[C@@H]2OC[C@@H](O)[C@H](O)[C@H]2O)[C@@H](O)[C@H](OCCc2ccc(OCc3ccccc3)c(OCc3ccccc3)c2)O[C@@H]1CO. The Morgan fingerprint density at radius 3 is 1.59 bits per heavy atom. The highest BCUT2D eigenvalue weighted by Crippen LogP contribution is 2.34. The third kappa shape index (κ3) is 14.3. The Morgan fingerprint density at radius 1 is 0.549 bits per heavy atom. The van der Waals surface area contributed by atoms with Gasteiger partial charge in [-0.15, -0.1) is 0 Å². The predicted molar refractivity (Wildman–Crippen MR) is 259 cm³/mol. The molecule has 2 saturated heterocycles. The van der Waals surface area contributed by atoms with Crippen LogP contribution in [0.4, 0.5) is 0 Å². The van der Waals surface area contributed by atoms with Gasteiger partial charge < -0.3 is 68.2 Å². The van der Waals surface area contributed by atoms with E-state index in [9.17, 15) is 30.3 Å². The Labute approximate surface area is 411 Å². The summed E-state index contributed by atoms with van der Waals surface area (Å²) in [5, 5.41) is 53.8. The van der Waals surface area contributed by atoms with Crippen LogP contribution in [0.1, 0.15) is 33.4 Å². The van der Waals surface area contributed by atoms with Crippen LogP contribution in [0, 0.1) is 0 Å². The molecule has 0 bridgehead atoms. The summed E-state index contributed by atoms with van der Waals surface area (Å²) in [6.45, 7) is 0.0833. The first-order valence-electron chi connectivity index (χ1n) is 23.4. The Morgan fingerprint density at radius 2 is 1.06 bits per heavy atom. The van der Waals surface area contributed by atoms with E-state index in [2.05, 4.69) is 0 Å². The molecule has 15 heteroatoms. The van der Waals surface area contributed by atoms with Crippen LogP contribution >= 0.6 is 0 Å². The average molecular weight is 971 g/mol. The summed E-state index contributed by atoms with van der Waals surface area (Å²) < 4.78 is 54.3. The van der Waals surface area contributed by atoms with Crippen LogP contribution in [0.15, 0.2) is 164 Å². The molecule has 2 fully saturated rings. The first-order valence-corrected chi connectivity index (χ1v) is 23.4. The molecular formula is C56H58O15. The molecule has 0 amide bonds. The van der Waals surface area contributed by atoms with Gasteiger partial charge in [0.2, 0.25) is 0 Å².